The van der Waals surface area contributed by atoms with Crippen molar-refractivity contribution >= 4 is 47.9 Å². The summed E-state index contributed by atoms with van der Waals surface area (Å²) in [4.78, 5) is 18.7. The molecule has 0 spiro atoms. The molecule has 2 heterocycles. The SMILES string of the molecule is Cl.Cl.Nc1cccc(C(=O)Nc2ccc(N3CCOCC3)nc2)c1. The minimum Gasteiger partial charge on any atom is -0.399 e. The number of carbonyl (C=O) groups is 1. The first-order chi connectivity index (χ1) is 10.7. The van der Waals surface area contributed by atoms with E-state index in [4.69, 9.17) is 10.5 Å². The molecule has 0 unspecified atom stereocenters. The lowest BCUT2D eigenvalue weighted by molar-refractivity contribution is 0.102. The maximum absolute atomic E-state index is 12.1. The number of hydrogen-bond donors (Lipinski definition) is 2. The Morgan fingerprint density at radius 1 is 1.17 bits per heavy atom. The molecule has 3 N–H and O–H groups in total. The second-order valence-corrected chi connectivity index (χ2v) is 5.08. The summed E-state index contributed by atoms with van der Waals surface area (Å²) in [7, 11) is 0. The Labute approximate surface area is 153 Å². The van der Waals surface area contributed by atoms with Crippen molar-refractivity contribution in [2.24, 2.45) is 0 Å². The topological polar surface area (TPSA) is 80.5 Å². The van der Waals surface area contributed by atoms with Crippen LogP contribution in [-0.2, 0) is 4.74 Å². The molecule has 0 atom stereocenters. The molecule has 1 aromatic heterocycles. The van der Waals surface area contributed by atoms with Gasteiger partial charge in [-0.2, -0.15) is 0 Å². The predicted molar refractivity (Wildman–Crippen MR) is 101 cm³/mol. The second kappa shape index (κ2) is 9.32. The fourth-order valence-electron chi connectivity index (χ4n) is 2.32. The molecule has 1 aliphatic heterocycles. The number of aromatic nitrogens is 1. The first kappa shape index (κ1) is 20.0. The number of benzene rings is 1. The molecule has 0 aliphatic carbocycles. The number of carbonyl (C=O) groups excluding carboxylic acids is 1. The largest absolute Gasteiger partial charge is 0.399 e. The van der Waals surface area contributed by atoms with Crippen LogP contribution in [0.15, 0.2) is 42.6 Å². The fourth-order valence-corrected chi connectivity index (χ4v) is 2.32. The number of nitrogens with zero attached hydrogens (tertiary/aromatic N) is 2. The number of rotatable bonds is 3. The molecule has 2 aromatic rings. The van der Waals surface area contributed by atoms with Crippen LogP contribution in [0.5, 0.6) is 0 Å². The molecule has 8 heteroatoms. The molecule has 1 aliphatic rings. The Morgan fingerprint density at radius 2 is 1.92 bits per heavy atom. The molecule has 3 rings (SSSR count). The van der Waals surface area contributed by atoms with E-state index in [1.54, 1.807) is 30.5 Å². The molecule has 6 nitrogen and oxygen atoms in total. The fraction of sp³-hybridized carbons (Fsp3) is 0.250. The van der Waals surface area contributed by atoms with Gasteiger partial charge >= 0.3 is 0 Å². The highest BCUT2D eigenvalue weighted by molar-refractivity contribution is 6.04. The first-order valence-electron chi connectivity index (χ1n) is 7.18. The van der Waals surface area contributed by atoms with Crippen molar-refractivity contribution in [2.45, 2.75) is 0 Å². The number of pyridine rings is 1. The van der Waals surface area contributed by atoms with E-state index in [2.05, 4.69) is 15.2 Å². The lowest BCUT2D eigenvalue weighted by atomic mass is 10.2. The minimum absolute atomic E-state index is 0. The van der Waals surface area contributed by atoms with Gasteiger partial charge in [-0.25, -0.2) is 4.98 Å². The summed E-state index contributed by atoms with van der Waals surface area (Å²) in [5.74, 6) is 0.693. The lowest BCUT2D eigenvalue weighted by Gasteiger charge is -2.27. The van der Waals surface area contributed by atoms with Gasteiger partial charge in [0.25, 0.3) is 5.91 Å². The van der Waals surface area contributed by atoms with Crippen molar-refractivity contribution in [3.8, 4) is 0 Å². The summed E-state index contributed by atoms with van der Waals surface area (Å²) in [5, 5.41) is 2.82. The molecule has 24 heavy (non-hydrogen) atoms. The quantitative estimate of drug-likeness (QED) is 0.811. The highest BCUT2D eigenvalue weighted by Gasteiger charge is 2.12. The van der Waals surface area contributed by atoms with Crippen LogP contribution in [0, 0.1) is 0 Å². The predicted octanol–water partition coefficient (Wildman–Crippen LogP) is 2.60. The molecule has 1 fully saturated rings. The Hall–Kier alpha value is -2.02. The van der Waals surface area contributed by atoms with Crippen molar-refractivity contribution in [2.75, 3.05) is 42.3 Å². The Kier molecular flexibility index (Phi) is 7.78. The third-order valence-corrected chi connectivity index (χ3v) is 3.49. The summed E-state index contributed by atoms with van der Waals surface area (Å²) in [5.41, 5.74) is 7.43. The number of ether oxygens (including phenoxy) is 1. The average molecular weight is 371 g/mol. The van der Waals surface area contributed by atoms with Crippen molar-refractivity contribution in [3.05, 3.63) is 48.2 Å². The summed E-state index contributed by atoms with van der Waals surface area (Å²) in [6.45, 7) is 3.11. The third-order valence-electron chi connectivity index (χ3n) is 3.49. The smallest absolute Gasteiger partial charge is 0.255 e. The van der Waals surface area contributed by atoms with Gasteiger partial charge in [0.1, 0.15) is 5.82 Å². The van der Waals surface area contributed by atoms with Crippen LogP contribution in [0.3, 0.4) is 0 Å². The number of morpholine rings is 1. The van der Waals surface area contributed by atoms with E-state index in [1.165, 1.54) is 0 Å². The molecule has 1 amide bonds. The van der Waals surface area contributed by atoms with Crippen molar-refractivity contribution in [1.29, 1.82) is 0 Å². The van der Waals surface area contributed by atoms with Crippen LogP contribution >= 0.6 is 24.8 Å². The van der Waals surface area contributed by atoms with Crippen LogP contribution in [-0.4, -0.2) is 37.2 Å². The highest BCUT2D eigenvalue weighted by Crippen LogP contribution is 2.16. The van der Waals surface area contributed by atoms with Crippen LogP contribution in [0.25, 0.3) is 0 Å². The summed E-state index contributed by atoms with van der Waals surface area (Å²) >= 11 is 0. The van der Waals surface area contributed by atoms with Gasteiger partial charge in [0.15, 0.2) is 0 Å². The molecule has 1 aromatic carbocycles. The zero-order chi connectivity index (χ0) is 15.4. The van der Waals surface area contributed by atoms with Crippen LogP contribution in [0.1, 0.15) is 10.4 Å². The van der Waals surface area contributed by atoms with Gasteiger partial charge in [-0.3, -0.25) is 4.79 Å². The van der Waals surface area contributed by atoms with Gasteiger partial charge < -0.3 is 20.7 Å². The standard InChI is InChI=1S/C16H18N4O2.2ClH/c17-13-3-1-2-12(10-13)16(21)19-14-4-5-15(18-11-14)20-6-8-22-9-7-20;;/h1-5,10-11H,6-9,17H2,(H,19,21);2*1H. The van der Waals surface area contributed by atoms with Crippen molar-refractivity contribution in [1.82, 2.24) is 4.98 Å². The van der Waals surface area contributed by atoms with Gasteiger partial charge in [0.2, 0.25) is 0 Å². The molecular weight excluding hydrogens is 351 g/mol. The van der Waals surface area contributed by atoms with Gasteiger partial charge in [0.05, 0.1) is 25.1 Å². The summed E-state index contributed by atoms with van der Waals surface area (Å²) in [6, 6.07) is 10.6. The Morgan fingerprint density at radius 3 is 2.54 bits per heavy atom. The zero-order valence-corrected chi connectivity index (χ0v) is 14.6. The first-order valence-corrected chi connectivity index (χ1v) is 7.18. The summed E-state index contributed by atoms with van der Waals surface area (Å²) in [6.07, 6.45) is 1.66. The molecule has 0 radical (unpaired) electrons. The minimum atomic E-state index is -0.201. The van der Waals surface area contributed by atoms with Gasteiger partial charge in [-0.05, 0) is 30.3 Å². The van der Waals surface area contributed by atoms with Gasteiger partial charge in [-0.1, -0.05) is 6.07 Å². The molecule has 1 saturated heterocycles. The highest BCUT2D eigenvalue weighted by atomic mass is 35.5. The van der Waals surface area contributed by atoms with Crippen molar-refractivity contribution in [3.63, 3.8) is 0 Å². The average Bonchev–Trinajstić information content (AvgIpc) is 2.56. The van der Waals surface area contributed by atoms with Crippen LogP contribution < -0.4 is 16.0 Å². The number of nitrogens with two attached hydrogens (primary N) is 1. The maximum Gasteiger partial charge on any atom is 0.255 e. The zero-order valence-electron chi connectivity index (χ0n) is 13.0. The lowest BCUT2D eigenvalue weighted by Crippen LogP contribution is -2.36. The third kappa shape index (κ3) is 4.99. The second-order valence-electron chi connectivity index (χ2n) is 5.08. The Balaban J connectivity index is 0.00000144. The van der Waals surface area contributed by atoms with Crippen LogP contribution in [0.4, 0.5) is 17.2 Å². The molecule has 130 valence electrons. The monoisotopic (exact) mass is 370 g/mol. The van der Waals surface area contributed by atoms with E-state index >= 15 is 0 Å². The van der Waals surface area contributed by atoms with Crippen molar-refractivity contribution < 1.29 is 9.53 Å². The van der Waals surface area contributed by atoms with Gasteiger partial charge in [-0.15, -0.1) is 24.8 Å². The normalized spacial score (nSPS) is 13.4. The molecule has 0 saturated carbocycles. The number of anilines is 3. The van der Waals surface area contributed by atoms with E-state index < -0.39 is 0 Å². The van der Waals surface area contributed by atoms with E-state index in [1.807, 2.05) is 12.1 Å². The number of nitrogen functional groups attached to an aromatic ring is 1. The number of hydrogen-bond acceptors (Lipinski definition) is 5. The number of nitrogens with one attached hydrogen (secondary N) is 1. The number of halogens is 2. The van der Waals surface area contributed by atoms with E-state index in [0.29, 0.717) is 16.9 Å². The van der Waals surface area contributed by atoms with Gasteiger partial charge in [0, 0.05) is 24.3 Å². The number of amides is 1. The summed E-state index contributed by atoms with van der Waals surface area (Å²) < 4.78 is 5.32. The molecule has 0 bridgehead atoms. The van der Waals surface area contributed by atoms with E-state index in [0.717, 1.165) is 32.1 Å². The maximum atomic E-state index is 12.1. The van der Waals surface area contributed by atoms with E-state index in [-0.39, 0.29) is 30.7 Å². The van der Waals surface area contributed by atoms with Crippen LogP contribution in [0.2, 0.25) is 0 Å². The molecular formula is C16H20Cl2N4O2. The Bertz CT molecular complexity index is 661. The van der Waals surface area contributed by atoms with E-state index in [9.17, 15) is 4.79 Å².